The van der Waals surface area contributed by atoms with Gasteiger partial charge in [0.15, 0.2) is 0 Å². The highest BCUT2D eigenvalue weighted by molar-refractivity contribution is 9.10. The number of nitrogens with one attached hydrogen (secondary N) is 1. The molecule has 2 aliphatic rings. The Hall–Kier alpha value is -1.65. The van der Waals surface area contributed by atoms with E-state index < -0.39 is 0 Å². The van der Waals surface area contributed by atoms with Crippen molar-refractivity contribution in [3.05, 3.63) is 70.2 Å². The first-order chi connectivity index (χ1) is 13.1. The van der Waals surface area contributed by atoms with Crippen molar-refractivity contribution in [1.82, 2.24) is 10.2 Å². The summed E-state index contributed by atoms with van der Waals surface area (Å²) in [5.74, 6) is 0.594. The Bertz CT molecular complexity index is 799. The van der Waals surface area contributed by atoms with E-state index in [4.69, 9.17) is 0 Å². The van der Waals surface area contributed by atoms with Gasteiger partial charge >= 0.3 is 0 Å². The molecule has 2 aromatic carbocycles. The van der Waals surface area contributed by atoms with Crippen LogP contribution in [0.3, 0.4) is 0 Å². The minimum absolute atomic E-state index is 0.0322. The van der Waals surface area contributed by atoms with E-state index in [2.05, 4.69) is 81.6 Å². The van der Waals surface area contributed by atoms with E-state index in [1.54, 1.807) is 0 Å². The monoisotopic (exact) mass is 426 g/mol. The molecule has 4 heteroatoms. The third-order valence-corrected chi connectivity index (χ3v) is 7.21. The van der Waals surface area contributed by atoms with E-state index in [1.807, 2.05) is 6.07 Å². The SMILES string of the molecule is CC1(c2ccccc2)CCN(C(=O)[C@@H]2CNC[C@H]2c2ccccc2Br)CC1. The molecule has 0 radical (unpaired) electrons. The van der Waals surface area contributed by atoms with Gasteiger partial charge in [0, 0.05) is 36.6 Å². The van der Waals surface area contributed by atoms with Crippen LogP contribution in [0.1, 0.15) is 36.8 Å². The summed E-state index contributed by atoms with van der Waals surface area (Å²) in [6.45, 7) is 5.68. The number of rotatable bonds is 3. The van der Waals surface area contributed by atoms with Crippen LogP contribution >= 0.6 is 15.9 Å². The molecule has 2 aliphatic heterocycles. The van der Waals surface area contributed by atoms with Crippen LogP contribution in [0.25, 0.3) is 0 Å². The Morgan fingerprint density at radius 1 is 1.04 bits per heavy atom. The minimum Gasteiger partial charge on any atom is -0.342 e. The van der Waals surface area contributed by atoms with Crippen LogP contribution in [-0.2, 0) is 10.2 Å². The average Bonchev–Trinajstić information content (AvgIpc) is 3.19. The largest absolute Gasteiger partial charge is 0.342 e. The zero-order chi connectivity index (χ0) is 18.9. The number of nitrogens with zero attached hydrogens (tertiary/aromatic N) is 1. The summed E-state index contributed by atoms with van der Waals surface area (Å²) in [7, 11) is 0. The molecule has 0 aliphatic carbocycles. The van der Waals surface area contributed by atoms with Gasteiger partial charge in [0.2, 0.25) is 5.91 Å². The number of amides is 1. The Labute approximate surface area is 170 Å². The van der Waals surface area contributed by atoms with Crippen LogP contribution in [0, 0.1) is 5.92 Å². The van der Waals surface area contributed by atoms with Gasteiger partial charge in [0.25, 0.3) is 0 Å². The molecule has 0 saturated carbocycles. The van der Waals surface area contributed by atoms with Crippen LogP contribution in [0.4, 0.5) is 0 Å². The lowest BCUT2D eigenvalue weighted by molar-refractivity contribution is -0.136. The molecule has 142 valence electrons. The van der Waals surface area contributed by atoms with E-state index in [1.165, 1.54) is 11.1 Å². The fraction of sp³-hybridized carbons (Fsp3) is 0.435. The Kier molecular flexibility index (Phi) is 5.38. The molecule has 2 heterocycles. The molecule has 2 aromatic rings. The Morgan fingerprint density at radius 2 is 1.70 bits per heavy atom. The number of carbonyl (C=O) groups is 1. The third-order valence-electron chi connectivity index (χ3n) is 6.49. The summed E-state index contributed by atoms with van der Waals surface area (Å²) in [5, 5.41) is 3.44. The van der Waals surface area contributed by atoms with Gasteiger partial charge in [-0.3, -0.25) is 4.79 Å². The molecule has 27 heavy (non-hydrogen) atoms. The van der Waals surface area contributed by atoms with Crippen LogP contribution in [-0.4, -0.2) is 37.0 Å². The molecule has 2 saturated heterocycles. The van der Waals surface area contributed by atoms with Crippen molar-refractivity contribution in [2.24, 2.45) is 5.92 Å². The zero-order valence-electron chi connectivity index (χ0n) is 15.8. The van der Waals surface area contributed by atoms with E-state index in [0.717, 1.165) is 43.5 Å². The van der Waals surface area contributed by atoms with Gasteiger partial charge in [-0.05, 0) is 35.4 Å². The summed E-state index contributed by atoms with van der Waals surface area (Å²) in [6, 6.07) is 19.1. The molecule has 0 unspecified atom stereocenters. The molecule has 1 N–H and O–H groups in total. The molecular formula is C23H27BrN2O. The maximum Gasteiger partial charge on any atom is 0.227 e. The first-order valence-corrected chi connectivity index (χ1v) is 10.7. The van der Waals surface area contributed by atoms with Crippen LogP contribution in [0.2, 0.25) is 0 Å². The Balaban J connectivity index is 1.46. The lowest BCUT2D eigenvalue weighted by Gasteiger charge is -2.41. The van der Waals surface area contributed by atoms with Crippen molar-refractivity contribution in [3.63, 3.8) is 0 Å². The molecule has 0 spiro atoms. The zero-order valence-corrected chi connectivity index (χ0v) is 17.4. The van der Waals surface area contributed by atoms with Crippen LogP contribution < -0.4 is 5.32 Å². The second-order valence-electron chi connectivity index (χ2n) is 8.14. The highest BCUT2D eigenvalue weighted by atomic mass is 79.9. The van der Waals surface area contributed by atoms with Gasteiger partial charge < -0.3 is 10.2 Å². The number of likely N-dealkylation sites (tertiary alicyclic amines) is 1. The molecular weight excluding hydrogens is 400 g/mol. The predicted molar refractivity (Wildman–Crippen MR) is 113 cm³/mol. The molecule has 3 nitrogen and oxygen atoms in total. The maximum atomic E-state index is 13.3. The van der Waals surface area contributed by atoms with Gasteiger partial charge in [-0.2, -0.15) is 0 Å². The van der Waals surface area contributed by atoms with Crippen molar-refractivity contribution < 1.29 is 4.79 Å². The van der Waals surface area contributed by atoms with Crippen molar-refractivity contribution in [1.29, 1.82) is 0 Å². The van der Waals surface area contributed by atoms with Crippen molar-refractivity contribution in [3.8, 4) is 0 Å². The first kappa shape index (κ1) is 18.7. The van der Waals surface area contributed by atoms with E-state index in [-0.39, 0.29) is 17.3 Å². The Morgan fingerprint density at radius 3 is 2.41 bits per heavy atom. The quantitative estimate of drug-likeness (QED) is 0.791. The summed E-state index contributed by atoms with van der Waals surface area (Å²) >= 11 is 3.67. The second-order valence-corrected chi connectivity index (χ2v) is 9.00. The van der Waals surface area contributed by atoms with Crippen molar-refractivity contribution >= 4 is 21.8 Å². The lowest BCUT2D eigenvalue weighted by atomic mass is 9.74. The molecule has 0 aromatic heterocycles. The molecule has 2 atom stereocenters. The topological polar surface area (TPSA) is 32.3 Å². The second kappa shape index (κ2) is 7.76. The van der Waals surface area contributed by atoms with Crippen molar-refractivity contribution in [2.75, 3.05) is 26.2 Å². The van der Waals surface area contributed by atoms with Crippen LogP contribution in [0.5, 0.6) is 0 Å². The highest BCUT2D eigenvalue weighted by Crippen LogP contribution is 2.38. The number of benzene rings is 2. The summed E-state index contributed by atoms with van der Waals surface area (Å²) in [4.78, 5) is 15.4. The molecule has 1 amide bonds. The maximum absolute atomic E-state index is 13.3. The van der Waals surface area contributed by atoms with E-state index >= 15 is 0 Å². The number of piperidine rings is 1. The fourth-order valence-electron chi connectivity index (χ4n) is 4.63. The summed E-state index contributed by atoms with van der Waals surface area (Å²) in [6.07, 6.45) is 2.06. The standard InChI is InChI=1S/C23H27BrN2O/c1-23(17-7-3-2-4-8-17)11-13-26(14-12-23)22(27)20-16-25-15-19(20)18-9-5-6-10-21(18)24/h2-10,19-20,25H,11-16H2,1H3/t19-,20+/m0/s1. The number of carbonyl (C=O) groups excluding carboxylic acids is 1. The van der Waals surface area contributed by atoms with Crippen molar-refractivity contribution in [2.45, 2.75) is 31.1 Å². The summed E-state index contributed by atoms with van der Waals surface area (Å²) < 4.78 is 1.10. The van der Waals surface area contributed by atoms with Gasteiger partial charge in [0.05, 0.1) is 5.92 Å². The van der Waals surface area contributed by atoms with Gasteiger partial charge in [-0.15, -0.1) is 0 Å². The number of halogens is 1. The first-order valence-electron chi connectivity index (χ1n) is 9.88. The fourth-order valence-corrected chi connectivity index (χ4v) is 5.20. The van der Waals surface area contributed by atoms with Gasteiger partial charge in [-0.1, -0.05) is 71.4 Å². The highest BCUT2D eigenvalue weighted by Gasteiger charge is 2.40. The number of hydrogen-bond acceptors (Lipinski definition) is 2. The summed E-state index contributed by atoms with van der Waals surface area (Å²) in [5.41, 5.74) is 2.81. The predicted octanol–water partition coefficient (Wildman–Crippen LogP) is 4.33. The van der Waals surface area contributed by atoms with E-state index in [0.29, 0.717) is 5.91 Å². The average molecular weight is 427 g/mol. The van der Waals surface area contributed by atoms with Crippen LogP contribution in [0.15, 0.2) is 59.1 Å². The number of hydrogen-bond donors (Lipinski definition) is 1. The van der Waals surface area contributed by atoms with Gasteiger partial charge in [-0.25, -0.2) is 0 Å². The van der Waals surface area contributed by atoms with Gasteiger partial charge in [0.1, 0.15) is 0 Å². The molecule has 2 fully saturated rings. The minimum atomic E-state index is 0.0322. The van der Waals surface area contributed by atoms with E-state index in [9.17, 15) is 4.79 Å². The third kappa shape index (κ3) is 3.70. The normalized spacial score (nSPS) is 24.7. The smallest absolute Gasteiger partial charge is 0.227 e. The lowest BCUT2D eigenvalue weighted by Crippen LogP contribution is -2.47. The molecule has 4 rings (SSSR count). The molecule has 0 bridgehead atoms.